The standard InChI is InChI=1S/C32H47N7O6/c1-35-29(34)36-14-6-8-21(33)28(40)37-18-20-7-4-5-15-39(20)30(41)44-23-11-12-32(42)24-17-19-9-10-22(43-3)26-25(19)31(32,27(23)45-26)13-16-38(24)2/h9-11,20-21,24,27,42H,4-8,12-18,33H2,1-3H3,(H,37,40)(H3,34,35,36)/t20?,21-,24+,27-,31-,32+/m0/s1. The van der Waals surface area contributed by atoms with Crippen LogP contribution in [0.4, 0.5) is 4.79 Å². The zero-order valence-corrected chi connectivity index (χ0v) is 26.5. The van der Waals surface area contributed by atoms with Crippen molar-refractivity contribution in [3.8, 4) is 11.5 Å². The molecule has 5 aliphatic rings. The van der Waals surface area contributed by atoms with E-state index in [1.807, 2.05) is 12.1 Å². The maximum Gasteiger partial charge on any atom is 0.415 e. The third-order valence-corrected chi connectivity index (χ3v) is 10.7. The number of likely N-dealkylation sites (tertiary alicyclic amines) is 2. The zero-order valence-electron chi connectivity index (χ0n) is 26.5. The minimum Gasteiger partial charge on any atom is -0.493 e. The molecule has 3 heterocycles. The number of nitrogens with zero attached hydrogens (tertiary/aromatic N) is 2. The van der Waals surface area contributed by atoms with Crippen LogP contribution in [-0.2, 0) is 21.4 Å². The largest absolute Gasteiger partial charge is 0.493 e. The lowest BCUT2D eigenvalue weighted by atomic mass is 9.50. The van der Waals surface area contributed by atoms with Crippen molar-refractivity contribution in [3.05, 3.63) is 35.1 Å². The molecule has 246 valence electrons. The highest BCUT2D eigenvalue weighted by Crippen LogP contribution is 2.65. The van der Waals surface area contributed by atoms with Crippen molar-refractivity contribution in [1.29, 1.82) is 5.41 Å². The highest BCUT2D eigenvalue weighted by atomic mass is 16.6. The van der Waals surface area contributed by atoms with Gasteiger partial charge in [0.1, 0.15) is 5.76 Å². The number of likely N-dealkylation sites (N-methyl/N-ethyl adjacent to an activating group) is 1. The van der Waals surface area contributed by atoms with Crippen LogP contribution in [0.5, 0.6) is 11.5 Å². The Labute approximate surface area is 264 Å². The van der Waals surface area contributed by atoms with E-state index in [9.17, 15) is 14.7 Å². The van der Waals surface area contributed by atoms with E-state index in [4.69, 9.17) is 25.4 Å². The smallest absolute Gasteiger partial charge is 0.415 e. The summed E-state index contributed by atoms with van der Waals surface area (Å²) in [5.41, 5.74) is 6.43. The number of carbonyl (C=O) groups excluding carboxylic acids is 2. The second kappa shape index (κ2) is 12.3. The third kappa shape index (κ3) is 5.18. The molecule has 6 rings (SSSR count). The van der Waals surface area contributed by atoms with E-state index in [0.29, 0.717) is 62.5 Å². The summed E-state index contributed by atoms with van der Waals surface area (Å²) in [7, 11) is 5.34. The van der Waals surface area contributed by atoms with Crippen molar-refractivity contribution < 1.29 is 28.9 Å². The van der Waals surface area contributed by atoms with E-state index in [1.54, 1.807) is 19.1 Å². The van der Waals surface area contributed by atoms with Crippen LogP contribution in [0.2, 0.25) is 0 Å². The average Bonchev–Trinajstić information content (AvgIpc) is 3.40. The number of nitrogens with one attached hydrogen (secondary N) is 4. The maximum atomic E-state index is 13.8. The van der Waals surface area contributed by atoms with Gasteiger partial charge >= 0.3 is 6.09 Å². The Morgan fingerprint density at radius 2 is 2.09 bits per heavy atom. The number of carbonyl (C=O) groups is 2. The highest BCUT2D eigenvalue weighted by Gasteiger charge is 2.72. The first-order valence-corrected chi connectivity index (χ1v) is 16.2. The fourth-order valence-corrected chi connectivity index (χ4v) is 8.30. The van der Waals surface area contributed by atoms with E-state index in [1.165, 1.54) is 0 Å². The van der Waals surface area contributed by atoms with Gasteiger partial charge in [0, 0.05) is 44.7 Å². The first-order chi connectivity index (χ1) is 21.6. The molecule has 0 aromatic heterocycles. The SMILES string of the molecule is CNC(=N)NCCC[C@H](N)C(=O)NCC1CCCCN1C(=O)OC1=CC[C@@]2(O)[C@H]3Cc4ccc(OC)c5c4[C@@]2(CCN3C)[C@H]1O5. The van der Waals surface area contributed by atoms with Crippen LogP contribution >= 0.6 is 0 Å². The van der Waals surface area contributed by atoms with Gasteiger partial charge in [0.25, 0.3) is 0 Å². The van der Waals surface area contributed by atoms with Crippen molar-refractivity contribution in [2.24, 2.45) is 5.73 Å². The van der Waals surface area contributed by atoms with Gasteiger partial charge in [0.2, 0.25) is 5.91 Å². The van der Waals surface area contributed by atoms with Gasteiger partial charge < -0.3 is 50.8 Å². The summed E-state index contributed by atoms with van der Waals surface area (Å²) in [6, 6.07) is 3.00. The number of methoxy groups -OCH3 is 1. The molecule has 3 aliphatic heterocycles. The second-order valence-electron chi connectivity index (χ2n) is 13.0. The normalized spacial score (nSPS) is 30.3. The molecule has 0 saturated carbocycles. The van der Waals surface area contributed by atoms with Crippen LogP contribution in [0.25, 0.3) is 0 Å². The number of benzene rings is 1. The molecule has 13 nitrogen and oxygen atoms in total. The zero-order chi connectivity index (χ0) is 31.9. The fraction of sp³-hybridized carbons (Fsp3) is 0.656. The monoisotopic (exact) mass is 625 g/mol. The minimum atomic E-state index is -1.08. The molecule has 2 amide bonds. The van der Waals surface area contributed by atoms with Crippen LogP contribution in [0.1, 0.15) is 56.1 Å². The molecule has 2 saturated heterocycles. The van der Waals surface area contributed by atoms with E-state index in [0.717, 1.165) is 36.9 Å². The maximum absolute atomic E-state index is 13.8. The lowest BCUT2D eigenvalue weighted by molar-refractivity contribution is -0.163. The summed E-state index contributed by atoms with van der Waals surface area (Å²) >= 11 is 0. The van der Waals surface area contributed by atoms with Crippen molar-refractivity contribution >= 4 is 18.0 Å². The summed E-state index contributed by atoms with van der Waals surface area (Å²) in [5, 5.41) is 28.5. The van der Waals surface area contributed by atoms with Gasteiger partial charge in [-0.25, -0.2) is 4.79 Å². The molecule has 6 atom stereocenters. The van der Waals surface area contributed by atoms with Crippen molar-refractivity contribution in [2.45, 2.75) is 86.6 Å². The van der Waals surface area contributed by atoms with Gasteiger partial charge in [0.15, 0.2) is 23.6 Å². The molecule has 45 heavy (non-hydrogen) atoms. The molecule has 1 spiro atoms. The van der Waals surface area contributed by atoms with Crippen molar-refractivity contribution in [3.63, 3.8) is 0 Å². The Kier molecular flexibility index (Phi) is 8.61. The summed E-state index contributed by atoms with van der Waals surface area (Å²) in [6.45, 7) is 2.13. The van der Waals surface area contributed by atoms with Crippen molar-refractivity contribution in [1.82, 2.24) is 25.8 Å². The molecule has 13 heteroatoms. The van der Waals surface area contributed by atoms with Crippen LogP contribution in [0.15, 0.2) is 24.0 Å². The first kappa shape index (κ1) is 31.4. The van der Waals surface area contributed by atoms with Gasteiger partial charge in [-0.2, -0.15) is 0 Å². The molecule has 2 bridgehead atoms. The number of piperidine rings is 2. The Balaban J connectivity index is 1.15. The highest BCUT2D eigenvalue weighted by molar-refractivity contribution is 5.81. The number of amides is 2. The van der Waals surface area contributed by atoms with E-state index in [-0.39, 0.29) is 30.5 Å². The molecule has 1 aromatic rings. The van der Waals surface area contributed by atoms with Crippen molar-refractivity contribution in [2.75, 3.05) is 47.4 Å². The summed E-state index contributed by atoms with van der Waals surface area (Å²) < 4.78 is 18.5. The molecule has 0 radical (unpaired) electrons. The molecule has 1 unspecified atom stereocenters. The third-order valence-electron chi connectivity index (χ3n) is 10.7. The molecule has 1 aromatic carbocycles. The Bertz CT molecular complexity index is 1370. The van der Waals surface area contributed by atoms with Gasteiger partial charge in [-0.3, -0.25) is 10.2 Å². The molecule has 7 N–H and O–H groups in total. The summed E-state index contributed by atoms with van der Waals surface area (Å²) in [4.78, 5) is 30.5. The second-order valence-corrected chi connectivity index (χ2v) is 13.0. The van der Waals surface area contributed by atoms with E-state index in [2.05, 4.69) is 34.0 Å². The average molecular weight is 626 g/mol. The van der Waals surface area contributed by atoms with Gasteiger partial charge in [-0.1, -0.05) is 6.07 Å². The number of aliphatic hydroxyl groups is 1. The topological polar surface area (TPSA) is 174 Å². The lowest BCUT2D eigenvalue weighted by Gasteiger charge is -2.61. The van der Waals surface area contributed by atoms with Crippen LogP contribution in [0.3, 0.4) is 0 Å². The van der Waals surface area contributed by atoms with Gasteiger partial charge in [-0.15, -0.1) is 0 Å². The number of hydrogen-bond donors (Lipinski definition) is 6. The number of hydrogen-bond acceptors (Lipinski definition) is 9. The first-order valence-electron chi connectivity index (χ1n) is 16.2. The molecular formula is C32H47N7O6. The number of nitrogens with two attached hydrogens (primary N) is 1. The fourth-order valence-electron chi connectivity index (χ4n) is 8.30. The Hall–Kier alpha value is -3.55. The van der Waals surface area contributed by atoms with E-state index >= 15 is 0 Å². The lowest BCUT2D eigenvalue weighted by Crippen LogP contribution is -2.74. The number of guanidine groups is 1. The molecular weight excluding hydrogens is 578 g/mol. The van der Waals surface area contributed by atoms with Gasteiger partial charge in [0.05, 0.1) is 30.2 Å². The Morgan fingerprint density at radius 3 is 2.87 bits per heavy atom. The van der Waals surface area contributed by atoms with Crippen LogP contribution in [-0.4, -0.2) is 110 Å². The van der Waals surface area contributed by atoms with Gasteiger partial charge in [-0.05, 0) is 76.2 Å². The quantitative estimate of drug-likeness (QED) is 0.132. The summed E-state index contributed by atoms with van der Waals surface area (Å²) in [6.07, 6.45) is 6.07. The van der Waals surface area contributed by atoms with Crippen LogP contribution in [0, 0.1) is 5.41 Å². The summed E-state index contributed by atoms with van der Waals surface area (Å²) in [5.74, 6) is 1.63. The predicted molar refractivity (Wildman–Crippen MR) is 167 cm³/mol. The van der Waals surface area contributed by atoms with Crippen LogP contribution < -0.4 is 31.2 Å². The minimum absolute atomic E-state index is 0.0859. The predicted octanol–water partition coefficient (Wildman–Crippen LogP) is 0.931. The molecule has 2 fully saturated rings. The molecule has 2 aliphatic carbocycles. The Morgan fingerprint density at radius 1 is 1.27 bits per heavy atom. The number of ether oxygens (including phenoxy) is 3. The number of rotatable bonds is 9. The van der Waals surface area contributed by atoms with E-state index < -0.39 is 29.3 Å².